The van der Waals surface area contributed by atoms with Crippen LogP contribution in [-0.2, 0) is 4.79 Å². The van der Waals surface area contributed by atoms with Gasteiger partial charge in [0.05, 0.1) is 5.92 Å². The van der Waals surface area contributed by atoms with Gasteiger partial charge in [-0.1, -0.05) is 19.1 Å². The van der Waals surface area contributed by atoms with E-state index in [4.69, 9.17) is 5.73 Å². The van der Waals surface area contributed by atoms with E-state index in [0.29, 0.717) is 6.54 Å². The largest absolute Gasteiger partial charge is 0.354 e. The number of nitrogens with two attached hydrogens (primary N) is 1. The van der Waals surface area contributed by atoms with Crippen LogP contribution in [0.25, 0.3) is 0 Å². The molecule has 1 aliphatic carbocycles. The number of hydrogen-bond acceptors (Lipinski definition) is 3. The third-order valence-electron chi connectivity index (χ3n) is 2.79. The van der Waals surface area contributed by atoms with Crippen LogP contribution in [0.5, 0.6) is 0 Å². The quantitative estimate of drug-likeness (QED) is 0.627. The van der Waals surface area contributed by atoms with Crippen molar-refractivity contribution in [2.45, 2.75) is 19.4 Å². The van der Waals surface area contributed by atoms with Crippen LogP contribution in [0.2, 0.25) is 0 Å². The van der Waals surface area contributed by atoms with E-state index in [1.807, 2.05) is 19.2 Å². The third-order valence-corrected chi connectivity index (χ3v) is 2.79. The van der Waals surface area contributed by atoms with E-state index >= 15 is 0 Å². The van der Waals surface area contributed by atoms with Crippen molar-refractivity contribution < 1.29 is 4.79 Å². The van der Waals surface area contributed by atoms with Crippen molar-refractivity contribution in [2.75, 3.05) is 26.7 Å². The molecule has 0 heterocycles. The number of nitrogens with zero attached hydrogens (tertiary/aromatic N) is 1. The molecule has 0 saturated carbocycles. The number of rotatable bonds is 5. The van der Waals surface area contributed by atoms with Gasteiger partial charge in [0.2, 0.25) is 5.91 Å². The summed E-state index contributed by atoms with van der Waals surface area (Å²) in [5.41, 5.74) is 5.69. The summed E-state index contributed by atoms with van der Waals surface area (Å²) in [7, 11) is 2.04. The van der Waals surface area contributed by atoms with Gasteiger partial charge in [0.25, 0.3) is 0 Å². The van der Waals surface area contributed by atoms with E-state index < -0.39 is 0 Å². The number of carbonyl (C=O) groups is 1. The highest BCUT2D eigenvalue weighted by Gasteiger charge is 2.21. The summed E-state index contributed by atoms with van der Waals surface area (Å²) in [5, 5.41) is 2.92. The molecule has 15 heavy (non-hydrogen) atoms. The molecule has 3 N–H and O–H groups in total. The minimum Gasteiger partial charge on any atom is -0.354 e. The van der Waals surface area contributed by atoms with E-state index in [0.717, 1.165) is 19.5 Å². The first kappa shape index (κ1) is 12.2. The lowest BCUT2D eigenvalue weighted by atomic mass is 10.1. The molecule has 0 bridgehead atoms. The van der Waals surface area contributed by atoms with Gasteiger partial charge in [0.1, 0.15) is 0 Å². The smallest absolute Gasteiger partial charge is 0.227 e. The van der Waals surface area contributed by atoms with Gasteiger partial charge in [-0.25, -0.2) is 0 Å². The standard InChI is InChI=1S/C11H21N3O/c1-3-14(2)7-6-13-11(15)9-4-5-10(12)8-9/h4-5,9-10H,3,6-8,12H2,1-2H3,(H,13,15). The van der Waals surface area contributed by atoms with Crippen LogP contribution in [0, 0.1) is 5.92 Å². The maximum atomic E-state index is 11.6. The second-order valence-electron chi connectivity index (χ2n) is 4.08. The summed E-state index contributed by atoms with van der Waals surface area (Å²) < 4.78 is 0. The predicted octanol–water partition coefficient (Wildman–Crippen LogP) is -0.0423. The van der Waals surface area contributed by atoms with Gasteiger partial charge in [0.15, 0.2) is 0 Å². The summed E-state index contributed by atoms with van der Waals surface area (Å²) in [6.45, 7) is 4.71. The lowest BCUT2D eigenvalue weighted by molar-refractivity contribution is -0.123. The average Bonchev–Trinajstić information content (AvgIpc) is 2.64. The monoisotopic (exact) mass is 211 g/mol. The summed E-state index contributed by atoms with van der Waals surface area (Å²) >= 11 is 0. The first-order chi connectivity index (χ1) is 7.13. The number of nitrogens with one attached hydrogen (secondary N) is 1. The Morgan fingerprint density at radius 3 is 2.87 bits per heavy atom. The van der Waals surface area contributed by atoms with Crippen LogP contribution in [0.1, 0.15) is 13.3 Å². The molecule has 2 atom stereocenters. The molecule has 1 aliphatic rings. The van der Waals surface area contributed by atoms with Crippen molar-refractivity contribution in [1.29, 1.82) is 0 Å². The van der Waals surface area contributed by atoms with E-state index in [2.05, 4.69) is 17.1 Å². The fourth-order valence-electron chi connectivity index (χ4n) is 1.58. The fraction of sp³-hybridized carbons (Fsp3) is 0.727. The van der Waals surface area contributed by atoms with Crippen LogP contribution in [-0.4, -0.2) is 43.5 Å². The topological polar surface area (TPSA) is 58.4 Å². The fourth-order valence-corrected chi connectivity index (χ4v) is 1.58. The molecule has 1 amide bonds. The van der Waals surface area contributed by atoms with Gasteiger partial charge in [-0.15, -0.1) is 0 Å². The molecule has 4 heteroatoms. The number of likely N-dealkylation sites (N-methyl/N-ethyl adjacent to an activating group) is 1. The first-order valence-electron chi connectivity index (χ1n) is 5.53. The van der Waals surface area contributed by atoms with Crippen LogP contribution in [0.15, 0.2) is 12.2 Å². The Morgan fingerprint density at radius 1 is 1.60 bits per heavy atom. The van der Waals surface area contributed by atoms with Crippen molar-refractivity contribution in [2.24, 2.45) is 11.7 Å². The summed E-state index contributed by atoms with van der Waals surface area (Å²) in [5.74, 6) is 0.0793. The Labute approximate surface area is 91.5 Å². The highest BCUT2D eigenvalue weighted by Crippen LogP contribution is 2.15. The molecule has 0 fully saturated rings. The molecule has 86 valence electrons. The van der Waals surface area contributed by atoms with Gasteiger partial charge >= 0.3 is 0 Å². The van der Waals surface area contributed by atoms with Gasteiger partial charge < -0.3 is 16.0 Å². The zero-order valence-corrected chi connectivity index (χ0v) is 9.57. The normalized spacial score (nSPS) is 24.8. The molecule has 0 aliphatic heterocycles. The SMILES string of the molecule is CCN(C)CCNC(=O)C1C=CC(N)C1. The van der Waals surface area contributed by atoms with Crippen molar-refractivity contribution >= 4 is 5.91 Å². The molecule has 4 nitrogen and oxygen atoms in total. The molecule has 1 rings (SSSR count). The Balaban J connectivity index is 2.17. The van der Waals surface area contributed by atoms with Gasteiger partial charge in [-0.05, 0) is 20.0 Å². The maximum absolute atomic E-state index is 11.6. The lowest BCUT2D eigenvalue weighted by Gasteiger charge is -2.15. The zero-order valence-electron chi connectivity index (χ0n) is 9.57. The Hall–Kier alpha value is -0.870. The second-order valence-corrected chi connectivity index (χ2v) is 4.08. The van der Waals surface area contributed by atoms with Crippen LogP contribution in [0.4, 0.5) is 0 Å². The van der Waals surface area contributed by atoms with E-state index in [1.54, 1.807) is 0 Å². The van der Waals surface area contributed by atoms with Gasteiger partial charge in [-0.3, -0.25) is 4.79 Å². The predicted molar refractivity (Wildman–Crippen MR) is 61.4 cm³/mol. The number of hydrogen-bond donors (Lipinski definition) is 2. The summed E-state index contributed by atoms with van der Waals surface area (Å²) in [6, 6.07) is 0.0547. The Bertz CT molecular complexity index is 240. The molecule has 0 aromatic carbocycles. The average molecular weight is 211 g/mol. The molecular weight excluding hydrogens is 190 g/mol. The molecular formula is C11H21N3O. The number of carbonyl (C=O) groups excluding carboxylic acids is 1. The van der Waals surface area contributed by atoms with Gasteiger partial charge in [0, 0.05) is 19.1 Å². The minimum atomic E-state index is -0.0214. The molecule has 0 spiro atoms. The highest BCUT2D eigenvalue weighted by molar-refractivity contribution is 5.81. The second kappa shape index (κ2) is 5.88. The van der Waals surface area contributed by atoms with Crippen LogP contribution < -0.4 is 11.1 Å². The molecule has 0 saturated heterocycles. The van der Waals surface area contributed by atoms with Crippen molar-refractivity contribution in [1.82, 2.24) is 10.2 Å². The molecule has 0 radical (unpaired) electrons. The molecule has 0 aromatic rings. The maximum Gasteiger partial charge on any atom is 0.227 e. The lowest BCUT2D eigenvalue weighted by Crippen LogP contribution is -2.36. The highest BCUT2D eigenvalue weighted by atomic mass is 16.1. The van der Waals surface area contributed by atoms with Gasteiger partial charge in [-0.2, -0.15) is 0 Å². The molecule has 0 aromatic heterocycles. The number of amides is 1. The Kier molecular flexibility index (Phi) is 4.78. The van der Waals surface area contributed by atoms with Crippen LogP contribution in [0.3, 0.4) is 0 Å². The zero-order chi connectivity index (χ0) is 11.3. The Morgan fingerprint density at radius 2 is 2.33 bits per heavy atom. The third kappa shape index (κ3) is 4.01. The first-order valence-corrected chi connectivity index (χ1v) is 5.53. The van der Waals surface area contributed by atoms with E-state index in [1.165, 1.54) is 0 Å². The minimum absolute atomic E-state index is 0.0214. The van der Waals surface area contributed by atoms with Crippen LogP contribution >= 0.6 is 0 Å². The van der Waals surface area contributed by atoms with Crippen molar-refractivity contribution in [3.63, 3.8) is 0 Å². The summed E-state index contributed by atoms with van der Waals surface area (Å²) in [6.07, 6.45) is 4.56. The molecule has 2 unspecified atom stereocenters. The van der Waals surface area contributed by atoms with E-state index in [-0.39, 0.29) is 17.9 Å². The summed E-state index contributed by atoms with van der Waals surface area (Å²) in [4.78, 5) is 13.8. The van der Waals surface area contributed by atoms with Crippen molar-refractivity contribution in [3.05, 3.63) is 12.2 Å². The van der Waals surface area contributed by atoms with Crippen molar-refractivity contribution in [3.8, 4) is 0 Å². The van der Waals surface area contributed by atoms with E-state index in [9.17, 15) is 4.79 Å².